The number of aromatic nitrogens is 1. The third kappa shape index (κ3) is 3.91. The zero-order valence-electron chi connectivity index (χ0n) is 16.3. The van der Waals surface area contributed by atoms with Gasteiger partial charge in [-0.3, -0.25) is 9.79 Å². The quantitative estimate of drug-likeness (QED) is 0.724. The van der Waals surface area contributed by atoms with Crippen LogP contribution in [0.2, 0.25) is 0 Å². The number of hydrogen-bond donors (Lipinski definition) is 2. The third-order valence-corrected chi connectivity index (χ3v) is 5.10. The summed E-state index contributed by atoms with van der Waals surface area (Å²) in [5.41, 5.74) is 8.48. The van der Waals surface area contributed by atoms with E-state index in [-0.39, 0.29) is 23.8 Å². The Morgan fingerprint density at radius 1 is 1.17 bits per heavy atom. The SMILES string of the molecule is CC1=NC2C=CC(CNc3nc(-c4cc(F)c(C=O)c(F)c4)ccc3N)=CC2C=C1. The average Bonchev–Trinajstić information content (AvgIpc) is 2.73. The molecule has 0 saturated carbocycles. The van der Waals surface area contributed by atoms with E-state index in [9.17, 15) is 13.6 Å². The molecule has 2 aliphatic rings. The Kier molecular flexibility index (Phi) is 5.27. The monoisotopic (exact) mass is 406 g/mol. The maximum Gasteiger partial charge on any atom is 0.155 e. The highest BCUT2D eigenvalue weighted by atomic mass is 19.1. The van der Waals surface area contributed by atoms with E-state index in [2.05, 4.69) is 33.5 Å². The summed E-state index contributed by atoms with van der Waals surface area (Å²) in [5.74, 6) is -1.23. The van der Waals surface area contributed by atoms with Gasteiger partial charge in [-0.05, 0) is 42.8 Å². The first-order valence-corrected chi connectivity index (χ1v) is 9.51. The van der Waals surface area contributed by atoms with Crippen LogP contribution in [-0.2, 0) is 0 Å². The second kappa shape index (κ2) is 8.02. The molecule has 4 rings (SSSR count). The Bertz CT molecular complexity index is 1110. The highest BCUT2D eigenvalue weighted by Crippen LogP contribution is 2.28. The van der Waals surface area contributed by atoms with Gasteiger partial charge in [0.1, 0.15) is 17.5 Å². The van der Waals surface area contributed by atoms with E-state index in [1.807, 2.05) is 19.1 Å². The number of halogens is 2. The minimum Gasteiger partial charge on any atom is -0.396 e. The molecule has 2 heterocycles. The molecule has 1 aliphatic heterocycles. The van der Waals surface area contributed by atoms with E-state index in [0.29, 0.717) is 23.7 Å². The lowest BCUT2D eigenvalue weighted by atomic mass is 9.89. The Morgan fingerprint density at radius 3 is 2.67 bits per heavy atom. The van der Waals surface area contributed by atoms with E-state index >= 15 is 0 Å². The number of benzene rings is 1. The topological polar surface area (TPSA) is 80.4 Å². The van der Waals surface area contributed by atoms with Crippen molar-refractivity contribution < 1.29 is 13.6 Å². The van der Waals surface area contributed by atoms with Gasteiger partial charge in [-0.2, -0.15) is 0 Å². The second-order valence-corrected chi connectivity index (χ2v) is 7.26. The minimum absolute atomic E-state index is 0.129. The number of fused-ring (bicyclic) bond motifs is 1. The summed E-state index contributed by atoms with van der Waals surface area (Å²) in [6, 6.07) is 5.49. The number of hydrogen-bond acceptors (Lipinski definition) is 5. The second-order valence-electron chi connectivity index (χ2n) is 7.26. The lowest BCUT2D eigenvalue weighted by Crippen LogP contribution is -2.22. The van der Waals surface area contributed by atoms with Gasteiger partial charge in [0.05, 0.1) is 23.0 Å². The number of allylic oxidation sites excluding steroid dienone is 1. The fourth-order valence-electron chi connectivity index (χ4n) is 3.50. The number of nitrogens with one attached hydrogen (secondary N) is 1. The van der Waals surface area contributed by atoms with E-state index in [4.69, 9.17) is 5.73 Å². The first-order chi connectivity index (χ1) is 14.4. The normalized spacial score (nSPS) is 19.7. The highest BCUT2D eigenvalue weighted by Gasteiger charge is 2.20. The molecule has 30 heavy (non-hydrogen) atoms. The van der Waals surface area contributed by atoms with Gasteiger partial charge in [0.25, 0.3) is 0 Å². The summed E-state index contributed by atoms with van der Waals surface area (Å²) in [6.45, 7) is 2.47. The Balaban J connectivity index is 1.53. The van der Waals surface area contributed by atoms with Crippen LogP contribution in [0.4, 0.5) is 20.3 Å². The van der Waals surface area contributed by atoms with Crippen molar-refractivity contribution in [2.24, 2.45) is 10.9 Å². The van der Waals surface area contributed by atoms with Crippen molar-refractivity contribution in [1.29, 1.82) is 0 Å². The molecule has 0 bridgehead atoms. The number of carbonyl (C=O) groups is 1. The summed E-state index contributed by atoms with van der Waals surface area (Å²) in [6.07, 6.45) is 10.5. The summed E-state index contributed by atoms with van der Waals surface area (Å²) in [5, 5.41) is 3.19. The van der Waals surface area contributed by atoms with Crippen LogP contribution in [0.25, 0.3) is 11.3 Å². The molecule has 0 spiro atoms. The molecule has 2 atom stereocenters. The van der Waals surface area contributed by atoms with Crippen LogP contribution < -0.4 is 11.1 Å². The minimum atomic E-state index is -0.932. The Hall–Kier alpha value is -3.61. The summed E-state index contributed by atoms with van der Waals surface area (Å²) in [7, 11) is 0. The van der Waals surface area contributed by atoms with Crippen LogP contribution in [0.15, 0.2) is 65.2 Å². The fourth-order valence-corrected chi connectivity index (χ4v) is 3.50. The number of pyridine rings is 1. The van der Waals surface area contributed by atoms with Gasteiger partial charge in [-0.25, -0.2) is 13.8 Å². The number of nitrogens with two attached hydrogens (primary N) is 1. The molecule has 3 N–H and O–H groups in total. The number of aliphatic imine (C=N–C) groups is 1. The van der Waals surface area contributed by atoms with Crippen LogP contribution in [0, 0.1) is 17.6 Å². The predicted octanol–water partition coefficient (Wildman–Crippen LogP) is 4.35. The molecule has 0 fully saturated rings. The average molecular weight is 406 g/mol. The first kappa shape index (κ1) is 19.7. The zero-order chi connectivity index (χ0) is 21.3. The molecule has 0 saturated heterocycles. The van der Waals surface area contributed by atoms with Crippen LogP contribution >= 0.6 is 0 Å². The van der Waals surface area contributed by atoms with Crippen molar-refractivity contribution in [3.63, 3.8) is 0 Å². The number of nitrogens with zero attached hydrogens (tertiary/aromatic N) is 2. The van der Waals surface area contributed by atoms with Gasteiger partial charge in [0.2, 0.25) is 0 Å². The Labute approximate surface area is 172 Å². The summed E-state index contributed by atoms with van der Waals surface area (Å²) >= 11 is 0. The van der Waals surface area contributed by atoms with Crippen LogP contribution in [0.1, 0.15) is 17.3 Å². The standard InChI is InChI=1S/C23H20F2N4O/c1-13-2-4-15-8-14(3-6-21(15)28-13)11-27-23-20(26)5-7-22(29-23)16-9-18(24)17(12-30)19(25)10-16/h2-10,12,15,21H,11,26H2,1H3,(H,27,29). The van der Waals surface area contributed by atoms with Crippen LogP contribution in [0.3, 0.4) is 0 Å². The predicted molar refractivity (Wildman–Crippen MR) is 115 cm³/mol. The molecular weight excluding hydrogens is 386 g/mol. The van der Waals surface area contributed by atoms with Gasteiger partial charge < -0.3 is 11.1 Å². The number of dihydropyridines is 1. The van der Waals surface area contributed by atoms with Gasteiger partial charge in [0, 0.05) is 23.7 Å². The molecule has 1 aromatic carbocycles. The number of aldehydes is 1. The van der Waals surface area contributed by atoms with E-state index < -0.39 is 17.2 Å². The van der Waals surface area contributed by atoms with Gasteiger partial charge in [-0.1, -0.05) is 24.3 Å². The number of anilines is 2. The summed E-state index contributed by atoms with van der Waals surface area (Å²) in [4.78, 5) is 19.8. The highest BCUT2D eigenvalue weighted by molar-refractivity contribution is 5.93. The number of carbonyl (C=O) groups excluding carboxylic acids is 1. The molecule has 152 valence electrons. The Morgan fingerprint density at radius 2 is 1.93 bits per heavy atom. The molecule has 7 heteroatoms. The van der Waals surface area contributed by atoms with Crippen LogP contribution in [-0.4, -0.2) is 29.6 Å². The molecule has 1 aliphatic carbocycles. The third-order valence-electron chi connectivity index (χ3n) is 5.10. The molecule has 0 radical (unpaired) electrons. The van der Waals surface area contributed by atoms with Gasteiger partial charge in [0.15, 0.2) is 6.29 Å². The molecule has 0 amide bonds. The zero-order valence-corrected chi connectivity index (χ0v) is 16.3. The first-order valence-electron chi connectivity index (χ1n) is 9.51. The maximum absolute atomic E-state index is 14.0. The maximum atomic E-state index is 14.0. The fraction of sp³-hybridized carbons (Fsp3) is 0.174. The smallest absolute Gasteiger partial charge is 0.155 e. The molecular formula is C23H20F2N4O. The van der Waals surface area contributed by atoms with E-state index in [0.717, 1.165) is 23.4 Å². The van der Waals surface area contributed by atoms with Crippen molar-refractivity contribution in [1.82, 2.24) is 4.98 Å². The van der Waals surface area contributed by atoms with E-state index in [1.54, 1.807) is 12.1 Å². The van der Waals surface area contributed by atoms with Crippen molar-refractivity contribution in [3.8, 4) is 11.3 Å². The van der Waals surface area contributed by atoms with Crippen LogP contribution in [0.5, 0.6) is 0 Å². The molecule has 5 nitrogen and oxygen atoms in total. The summed E-state index contributed by atoms with van der Waals surface area (Å²) < 4.78 is 27.9. The molecule has 2 unspecified atom stereocenters. The largest absolute Gasteiger partial charge is 0.396 e. The lowest BCUT2D eigenvalue weighted by molar-refractivity contribution is 0.111. The van der Waals surface area contributed by atoms with Gasteiger partial charge in [-0.15, -0.1) is 0 Å². The molecule has 1 aromatic heterocycles. The molecule has 2 aromatic rings. The number of nitrogen functional groups attached to an aromatic ring is 1. The van der Waals surface area contributed by atoms with Crippen molar-refractivity contribution in [3.05, 3.63) is 77.4 Å². The van der Waals surface area contributed by atoms with Crippen molar-refractivity contribution in [2.75, 3.05) is 17.6 Å². The lowest BCUT2D eigenvalue weighted by Gasteiger charge is -2.24. The van der Waals surface area contributed by atoms with E-state index in [1.165, 1.54) is 0 Å². The van der Waals surface area contributed by atoms with Gasteiger partial charge >= 0.3 is 0 Å². The van der Waals surface area contributed by atoms with Crippen molar-refractivity contribution in [2.45, 2.75) is 13.0 Å². The van der Waals surface area contributed by atoms with Crippen molar-refractivity contribution >= 4 is 23.5 Å². The number of rotatable bonds is 5.